The van der Waals surface area contributed by atoms with Gasteiger partial charge in [0.05, 0.1) is 33.4 Å². The lowest BCUT2D eigenvalue weighted by atomic mass is 9.65. The lowest BCUT2D eigenvalue weighted by Crippen LogP contribution is -2.49. The highest BCUT2D eigenvalue weighted by atomic mass is 32.1. The molecule has 61 heavy (non-hydrogen) atoms. The predicted octanol–water partition coefficient (Wildman–Crippen LogP) is 14.4. The number of thiophene rings is 2. The molecule has 282 valence electrons. The van der Waals surface area contributed by atoms with E-state index in [1.165, 1.54) is 72.9 Å². The molecule has 0 atom stereocenters. The normalized spacial score (nSPS) is 13.1. The van der Waals surface area contributed by atoms with Crippen LogP contribution in [0.1, 0.15) is 0 Å². The van der Waals surface area contributed by atoms with E-state index < -0.39 is 7.12 Å². The smallest absolute Gasteiger partial charge is 0.521 e. The van der Waals surface area contributed by atoms with Gasteiger partial charge in [-0.3, -0.25) is 0 Å². The second-order valence-electron chi connectivity index (χ2n) is 16.2. The number of para-hydroxylation sites is 4. The van der Waals surface area contributed by atoms with E-state index in [1.54, 1.807) is 0 Å². The molecule has 0 unspecified atom stereocenters. The van der Waals surface area contributed by atoms with Crippen LogP contribution in [0, 0.1) is 0 Å². The minimum Gasteiger partial charge on any atom is -0.521 e. The van der Waals surface area contributed by atoms with Crippen molar-refractivity contribution in [3.8, 4) is 45.1 Å². The molecular weight excluding hydrogens is 784 g/mol. The molecule has 0 N–H and O–H groups in total. The van der Waals surface area contributed by atoms with E-state index in [9.17, 15) is 0 Å². The van der Waals surface area contributed by atoms with E-state index in [1.807, 2.05) is 22.7 Å². The van der Waals surface area contributed by atoms with Crippen LogP contribution >= 0.6 is 22.7 Å². The highest BCUT2D eigenvalue weighted by molar-refractivity contribution is 7.26. The molecule has 0 bridgehead atoms. The predicted molar refractivity (Wildman–Crippen MR) is 258 cm³/mol. The summed E-state index contributed by atoms with van der Waals surface area (Å²) in [5, 5.41) is 10.0. The SMILES string of the molecule is c1ccc2c(c1)OB1Oc3ccccc3-c3c(-n4c5ccccc5c5ccc6sc7ccccc7c6c54)cc(-n4c5ccccc5c5ccc6sc7ccccc7c6c54)c-2c31. The Labute approximate surface area is 356 Å². The van der Waals surface area contributed by atoms with Gasteiger partial charge in [0.1, 0.15) is 11.5 Å². The van der Waals surface area contributed by atoms with Crippen molar-refractivity contribution in [1.29, 1.82) is 0 Å². The van der Waals surface area contributed by atoms with Gasteiger partial charge in [-0.2, -0.15) is 0 Å². The van der Waals surface area contributed by atoms with Gasteiger partial charge in [0.2, 0.25) is 0 Å². The zero-order valence-corrected chi connectivity index (χ0v) is 34.0. The Balaban J connectivity index is 1.22. The molecular formula is C54H29BN2O2S2. The molecule has 15 rings (SSSR count). The molecule has 9 aromatic carbocycles. The number of hydrogen-bond acceptors (Lipinski definition) is 4. The Kier molecular flexibility index (Phi) is 6.24. The molecule has 0 saturated heterocycles. The molecule has 6 heterocycles. The zero-order valence-electron chi connectivity index (χ0n) is 32.3. The van der Waals surface area contributed by atoms with Crippen molar-refractivity contribution >= 4 is 119 Å². The summed E-state index contributed by atoms with van der Waals surface area (Å²) >= 11 is 3.73. The summed E-state index contributed by atoms with van der Waals surface area (Å²) in [5.41, 5.74) is 12.4. The number of nitrogens with zero attached hydrogens (tertiary/aromatic N) is 2. The van der Waals surface area contributed by atoms with Gasteiger partial charge in [-0.1, -0.05) is 121 Å². The number of hydrogen-bond donors (Lipinski definition) is 0. The topological polar surface area (TPSA) is 28.3 Å². The van der Waals surface area contributed by atoms with Gasteiger partial charge in [-0.15, -0.1) is 22.7 Å². The quantitative estimate of drug-likeness (QED) is 0.163. The molecule has 7 heteroatoms. The zero-order chi connectivity index (χ0) is 39.5. The van der Waals surface area contributed by atoms with Crippen molar-refractivity contribution in [3.63, 3.8) is 0 Å². The van der Waals surface area contributed by atoms with E-state index in [-0.39, 0.29) is 0 Å². The first kappa shape index (κ1) is 32.5. The summed E-state index contributed by atoms with van der Waals surface area (Å²) in [5.74, 6) is 1.63. The third-order valence-electron chi connectivity index (χ3n) is 13.2. The molecule has 0 amide bonds. The molecule has 0 aliphatic carbocycles. The molecule has 13 aromatic rings. The van der Waals surface area contributed by atoms with Gasteiger partial charge in [-0.25, -0.2) is 0 Å². The molecule has 0 radical (unpaired) electrons. The highest BCUT2D eigenvalue weighted by Gasteiger charge is 2.45. The minimum atomic E-state index is -0.668. The molecule has 0 fully saturated rings. The van der Waals surface area contributed by atoms with Crippen LogP contribution < -0.4 is 14.8 Å². The maximum Gasteiger partial charge on any atom is 0.634 e. The van der Waals surface area contributed by atoms with Crippen molar-refractivity contribution in [2.24, 2.45) is 0 Å². The Bertz CT molecular complexity index is 3840. The van der Waals surface area contributed by atoms with Gasteiger partial charge in [0.25, 0.3) is 0 Å². The third-order valence-corrected chi connectivity index (χ3v) is 15.4. The average Bonchev–Trinajstić information content (AvgIpc) is 4.06. The van der Waals surface area contributed by atoms with Crippen LogP contribution in [0.3, 0.4) is 0 Å². The molecule has 4 nitrogen and oxygen atoms in total. The summed E-state index contributed by atoms with van der Waals surface area (Å²) in [4.78, 5) is 0. The first-order chi connectivity index (χ1) is 30.3. The fraction of sp³-hybridized carbons (Fsp3) is 0. The second kappa shape index (κ2) is 11.7. The number of fused-ring (bicyclic) bond motifs is 18. The van der Waals surface area contributed by atoms with E-state index in [4.69, 9.17) is 9.31 Å². The Morgan fingerprint density at radius 1 is 0.377 bits per heavy atom. The largest absolute Gasteiger partial charge is 0.634 e. The average molecular weight is 813 g/mol. The summed E-state index contributed by atoms with van der Waals surface area (Å²) in [6, 6.07) is 64.4. The van der Waals surface area contributed by atoms with Crippen molar-refractivity contribution in [2.75, 3.05) is 0 Å². The van der Waals surface area contributed by atoms with Gasteiger partial charge < -0.3 is 18.4 Å². The van der Waals surface area contributed by atoms with E-state index >= 15 is 0 Å². The highest BCUT2D eigenvalue weighted by Crippen LogP contribution is 2.51. The number of rotatable bonds is 2. The summed E-state index contributed by atoms with van der Waals surface area (Å²) < 4.78 is 24.2. The monoisotopic (exact) mass is 812 g/mol. The van der Waals surface area contributed by atoms with Crippen LogP contribution in [0.4, 0.5) is 0 Å². The van der Waals surface area contributed by atoms with Crippen LogP contribution in [-0.2, 0) is 0 Å². The maximum absolute atomic E-state index is 6.98. The second-order valence-corrected chi connectivity index (χ2v) is 18.4. The van der Waals surface area contributed by atoms with Gasteiger partial charge in [-0.05, 0) is 54.6 Å². The Hall–Kier alpha value is -7.32. The number of benzene rings is 9. The summed E-state index contributed by atoms with van der Waals surface area (Å²) in [6.45, 7) is 0. The fourth-order valence-corrected chi connectivity index (χ4v) is 13.0. The number of aromatic nitrogens is 2. The lowest BCUT2D eigenvalue weighted by Gasteiger charge is -2.35. The fourth-order valence-electron chi connectivity index (χ4n) is 10.8. The van der Waals surface area contributed by atoms with Crippen LogP contribution in [-0.4, -0.2) is 16.3 Å². The van der Waals surface area contributed by atoms with Gasteiger partial charge in [0, 0.05) is 89.6 Å². The van der Waals surface area contributed by atoms with E-state index in [0.29, 0.717) is 0 Å². The molecule has 2 aliphatic heterocycles. The Morgan fingerprint density at radius 2 is 0.803 bits per heavy atom. The van der Waals surface area contributed by atoms with E-state index in [0.717, 1.165) is 61.6 Å². The van der Waals surface area contributed by atoms with Crippen molar-refractivity contribution in [2.45, 2.75) is 0 Å². The summed E-state index contributed by atoms with van der Waals surface area (Å²) in [7, 11) is -0.668. The first-order valence-corrected chi connectivity index (χ1v) is 22.3. The van der Waals surface area contributed by atoms with Gasteiger partial charge in [0.15, 0.2) is 0 Å². The van der Waals surface area contributed by atoms with Gasteiger partial charge >= 0.3 is 7.12 Å². The third kappa shape index (κ3) is 4.15. The van der Waals surface area contributed by atoms with Crippen molar-refractivity contribution < 1.29 is 9.31 Å². The molecule has 0 spiro atoms. The van der Waals surface area contributed by atoms with Crippen molar-refractivity contribution in [1.82, 2.24) is 9.13 Å². The van der Waals surface area contributed by atoms with Crippen LogP contribution in [0.15, 0.2) is 176 Å². The van der Waals surface area contributed by atoms with Crippen LogP contribution in [0.2, 0.25) is 0 Å². The first-order valence-electron chi connectivity index (χ1n) is 20.7. The Morgan fingerprint density at radius 3 is 1.31 bits per heavy atom. The van der Waals surface area contributed by atoms with Crippen LogP contribution in [0.25, 0.3) is 118 Å². The standard InChI is InChI=1S/C54H29BN2O2S2/c1-7-19-38-30(13-1)32-25-27-46-50(36-17-5-11-23-44(36)60-46)53(32)56(38)40-29-41(49-35-16-4-10-22-43(35)59-55-52(49)48(40)34-15-3-9-21-42(34)58-55)57-39-20-8-2-14-31(39)33-26-28-47-51(54(33)57)37-18-6-12-24-45(37)61-47/h1-29H. The van der Waals surface area contributed by atoms with E-state index in [2.05, 4.69) is 185 Å². The molecule has 2 aliphatic rings. The molecule has 4 aromatic heterocycles. The van der Waals surface area contributed by atoms with Crippen LogP contribution in [0.5, 0.6) is 11.5 Å². The maximum atomic E-state index is 6.98. The summed E-state index contributed by atoms with van der Waals surface area (Å²) in [6.07, 6.45) is 0. The lowest BCUT2D eigenvalue weighted by molar-refractivity contribution is 0.436. The minimum absolute atomic E-state index is 0.668. The molecule has 0 saturated carbocycles. The van der Waals surface area contributed by atoms with Crippen molar-refractivity contribution in [3.05, 3.63) is 176 Å².